The monoisotopic (exact) mass is 485 g/mol. The van der Waals surface area contributed by atoms with E-state index in [0.717, 1.165) is 18.9 Å². The number of hydrogen-bond acceptors (Lipinski definition) is 4. The van der Waals surface area contributed by atoms with Gasteiger partial charge in [-0.25, -0.2) is 4.39 Å². The molecule has 2 aromatic heterocycles. The van der Waals surface area contributed by atoms with E-state index >= 15 is 0 Å². The maximum absolute atomic E-state index is 14.5. The highest BCUT2D eigenvalue weighted by Gasteiger charge is 2.26. The van der Waals surface area contributed by atoms with Crippen LogP contribution in [0.4, 0.5) is 4.39 Å². The molecule has 7 nitrogen and oxygen atoms in total. The lowest BCUT2D eigenvalue weighted by molar-refractivity contribution is 0.0875. The average molecular weight is 486 g/mol. The normalized spacial score (nSPS) is 14.0. The highest BCUT2D eigenvalue weighted by Crippen LogP contribution is 2.39. The maximum Gasteiger partial charge on any atom is 0.265 e. The zero-order valence-electron chi connectivity index (χ0n) is 20.2. The number of nitrogens with two attached hydrogens (primary N) is 1. The fourth-order valence-corrected chi connectivity index (χ4v) is 4.73. The van der Waals surface area contributed by atoms with Crippen molar-refractivity contribution in [1.82, 2.24) is 9.55 Å². The number of nitrogens with one attached hydrogen (secondary N) is 1. The van der Waals surface area contributed by atoms with Gasteiger partial charge in [-0.2, -0.15) is 0 Å². The summed E-state index contributed by atoms with van der Waals surface area (Å²) in [5, 5.41) is 0.914. The molecule has 1 aromatic carbocycles. The minimum atomic E-state index is -1.29. The first-order valence-electron chi connectivity index (χ1n) is 11.6. The number of hydrogen-bond donors (Lipinski definition) is 2. The molecule has 3 N–H and O–H groups in total. The smallest absolute Gasteiger partial charge is 0.265 e. The second-order valence-electron chi connectivity index (χ2n) is 10.3. The van der Waals surface area contributed by atoms with Crippen LogP contribution >= 0.6 is 0 Å². The number of H-pyrrole nitrogens is 1. The van der Waals surface area contributed by atoms with Crippen molar-refractivity contribution in [3.63, 3.8) is 0 Å². The number of aryl methyl sites for hydroxylation is 1. The van der Waals surface area contributed by atoms with Crippen LogP contribution in [0.2, 0.25) is 25.7 Å². The number of ether oxygens (including phenoxy) is 2. The molecule has 0 radical (unpaired) electrons. The van der Waals surface area contributed by atoms with E-state index in [1.807, 2.05) is 11.5 Å². The minimum Gasteiger partial charge on any atom is -0.493 e. The van der Waals surface area contributed by atoms with Crippen LogP contribution in [-0.4, -0.2) is 36.7 Å². The summed E-state index contributed by atoms with van der Waals surface area (Å²) in [6.07, 6.45) is 2.24. The Labute approximate surface area is 199 Å². The fourth-order valence-electron chi connectivity index (χ4n) is 3.98. The van der Waals surface area contributed by atoms with Crippen LogP contribution < -0.4 is 16.0 Å². The van der Waals surface area contributed by atoms with Crippen molar-refractivity contribution >= 4 is 24.8 Å². The average Bonchev–Trinajstić information content (AvgIpc) is 3.53. The van der Waals surface area contributed by atoms with Gasteiger partial charge >= 0.3 is 0 Å². The fraction of sp³-hybridized carbons (Fsp3) is 0.440. The Morgan fingerprint density at radius 2 is 2.00 bits per heavy atom. The predicted molar refractivity (Wildman–Crippen MR) is 134 cm³/mol. The van der Waals surface area contributed by atoms with E-state index in [1.54, 1.807) is 12.1 Å². The number of amides is 1. The van der Waals surface area contributed by atoms with Crippen molar-refractivity contribution in [3.05, 3.63) is 51.8 Å². The summed E-state index contributed by atoms with van der Waals surface area (Å²) in [7, 11) is -1.29. The third-order valence-corrected chi connectivity index (χ3v) is 7.88. The second-order valence-corrected chi connectivity index (χ2v) is 15.9. The molecule has 1 aliphatic carbocycles. The topological polar surface area (TPSA) is 99.3 Å². The van der Waals surface area contributed by atoms with Crippen LogP contribution in [0.1, 0.15) is 29.0 Å². The van der Waals surface area contributed by atoms with Crippen LogP contribution in [0.5, 0.6) is 5.75 Å². The van der Waals surface area contributed by atoms with Gasteiger partial charge in [-0.05, 0) is 56.0 Å². The largest absolute Gasteiger partial charge is 0.493 e. The Hall–Kier alpha value is -2.91. The number of primary amides is 1. The zero-order chi connectivity index (χ0) is 24.6. The summed E-state index contributed by atoms with van der Waals surface area (Å²) in [6, 6.07) is 6.92. The van der Waals surface area contributed by atoms with E-state index in [1.165, 1.54) is 12.1 Å². The number of aromatic nitrogens is 2. The molecule has 0 aliphatic heterocycles. The van der Waals surface area contributed by atoms with Crippen molar-refractivity contribution in [1.29, 1.82) is 0 Å². The van der Waals surface area contributed by atoms with Gasteiger partial charge in [0.25, 0.3) is 11.5 Å². The molecule has 0 atom stereocenters. The highest BCUT2D eigenvalue weighted by molar-refractivity contribution is 6.76. The Bertz CT molecular complexity index is 1290. The number of pyridine rings is 1. The summed E-state index contributed by atoms with van der Waals surface area (Å²) < 4.78 is 28.4. The van der Waals surface area contributed by atoms with Crippen LogP contribution in [0, 0.1) is 18.7 Å². The quantitative estimate of drug-likeness (QED) is 0.323. The molecule has 9 heteroatoms. The van der Waals surface area contributed by atoms with Gasteiger partial charge in [0, 0.05) is 31.3 Å². The van der Waals surface area contributed by atoms with E-state index < -0.39 is 25.4 Å². The van der Waals surface area contributed by atoms with Crippen molar-refractivity contribution in [2.75, 3.05) is 13.2 Å². The van der Waals surface area contributed by atoms with Crippen LogP contribution in [0.25, 0.3) is 22.0 Å². The van der Waals surface area contributed by atoms with Gasteiger partial charge in [-0.1, -0.05) is 19.6 Å². The molecule has 1 aliphatic rings. The van der Waals surface area contributed by atoms with Crippen molar-refractivity contribution < 1.29 is 18.7 Å². The first kappa shape index (κ1) is 24.2. The van der Waals surface area contributed by atoms with Crippen molar-refractivity contribution in [3.8, 4) is 17.0 Å². The number of aromatic amines is 1. The van der Waals surface area contributed by atoms with Crippen molar-refractivity contribution in [2.45, 2.75) is 52.2 Å². The lowest BCUT2D eigenvalue weighted by Crippen LogP contribution is -2.22. The molecule has 182 valence electrons. The van der Waals surface area contributed by atoms with Gasteiger partial charge in [0.2, 0.25) is 0 Å². The number of carbonyl (C=O) groups excluding carboxylic acids is 1. The molecule has 0 unspecified atom stereocenters. The van der Waals surface area contributed by atoms with Gasteiger partial charge in [0.15, 0.2) is 0 Å². The number of halogens is 1. The van der Waals surface area contributed by atoms with Crippen LogP contribution in [0.15, 0.2) is 29.1 Å². The van der Waals surface area contributed by atoms with E-state index in [0.29, 0.717) is 52.6 Å². The van der Waals surface area contributed by atoms with Crippen molar-refractivity contribution in [2.24, 2.45) is 11.7 Å². The minimum absolute atomic E-state index is 0.00703. The Kier molecular flexibility index (Phi) is 6.68. The molecule has 0 bridgehead atoms. The molecule has 34 heavy (non-hydrogen) atoms. The molecule has 1 fully saturated rings. The third-order valence-electron chi connectivity index (χ3n) is 6.18. The first-order valence-corrected chi connectivity index (χ1v) is 15.3. The van der Waals surface area contributed by atoms with Gasteiger partial charge in [0.05, 0.1) is 17.7 Å². The number of benzene rings is 1. The zero-order valence-corrected chi connectivity index (χ0v) is 21.2. The molecule has 1 saturated carbocycles. The van der Waals surface area contributed by atoms with E-state index in [9.17, 15) is 14.0 Å². The molecular formula is C25H32FN3O4Si. The molecule has 0 saturated heterocycles. The molecule has 4 rings (SSSR count). The Morgan fingerprint density at radius 3 is 2.65 bits per heavy atom. The third kappa shape index (κ3) is 5.25. The van der Waals surface area contributed by atoms with Gasteiger partial charge in [-0.15, -0.1) is 0 Å². The highest BCUT2D eigenvalue weighted by atomic mass is 28.3. The standard InChI is InChI=1S/C25H32FN3O4Si/c1-15-22-19(12-20(24(27)30)28-25(22)31)23(29(15)14-32-9-10-34(2,3)4)18-11-17(26)7-8-21(18)33-13-16-5-6-16/h7-8,11-12,16H,5-6,9-10,13-14H2,1-4H3,(H2,27,30)(H,28,31). The second kappa shape index (κ2) is 9.38. The predicted octanol–water partition coefficient (Wildman–Crippen LogP) is 4.64. The number of fused-ring (bicyclic) bond motifs is 1. The van der Waals surface area contributed by atoms with Gasteiger partial charge in [-0.3, -0.25) is 9.59 Å². The van der Waals surface area contributed by atoms with Crippen LogP contribution in [0.3, 0.4) is 0 Å². The number of carbonyl (C=O) groups is 1. The summed E-state index contributed by atoms with van der Waals surface area (Å²) in [6.45, 7) is 9.96. The summed E-state index contributed by atoms with van der Waals surface area (Å²) in [5.74, 6) is -0.132. The van der Waals surface area contributed by atoms with E-state index in [-0.39, 0.29) is 12.4 Å². The van der Waals surface area contributed by atoms with E-state index in [4.69, 9.17) is 15.2 Å². The van der Waals surface area contributed by atoms with Crippen LogP contribution in [-0.2, 0) is 11.5 Å². The molecular weight excluding hydrogens is 453 g/mol. The lowest BCUT2D eigenvalue weighted by Gasteiger charge is -2.18. The molecule has 1 amide bonds. The van der Waals surface area contributed by atoms with Gasteiger partial charge in [0.1, 0.15) is 24.0 Å². The summed E-state index contributed by atoms with van der Waals surface area (Å²) in [4.78, 5) is 27.4. The molecule has 3 aromatic rings. The molecule has 0 spiro atoms. The Balaban J connectivity index is 1.87. The van der Waals surface area contributed by atoms with Gasteiger partial charge < -0.3 is 24.8 Å². The number of nitrogens with zero attached hydrogens (tertiary/aromatic N) is 1. The Morgan fingerprint density at radius 1 is 1.26 bits per heavy atom. The SMILES string of the molecule is Cc1c2c(=O)[nH]c(C(N)=O)cc2c(-c2cc(F)ccc2OCC2CC2)n1COCC[Si](C)(C)C. The maximum atomic E-state index is 14.5. The summed E-state index contributed by atoms with van der Waals surface area (Å²) in [5.41, 5.74) is 6.77. The lowest BCUT2D eigenvalue weighted by atomic mass is 10.1. The van der Waals surface area contributed by atoms with E-state index in [2.05, 4.69) is 24.6 Å². The number of rotatable bonds is 10. The summed E-state index contributed by atoms with van der Waals surface area (Å²) >= 11 is 0. The molecule has 2 heterocycles. The first-order chi connectivity index (χ1) is 16.0.